The summed E-state index contributed by atoms with van der Waals surface area (Å²) in [6.45, 7) is 3.08. The molecule has 1 rings (SSSR count). The largest absolute Gasteiger partial charge is 0.508 e. The summed E-state index contributed by atoms with van der Waals surface area (Å²) in [5.74, 6) is -3.51. The maximum absolute atomic E-state index is 13.0. The van der Waals surface area contributed by atoms with Crippen molar-refractivity contribution in [3.05, 3.63) is 29.8 Å². The summed E-state index contributed by atoms with van der Waals surface area (Å²) in [5.41, 5.74) is 11.5. The normalized spacial score (nSPS) is 15.3. The van der Waals surface area contributed by atoms with Gasteiger partial charge in [0.05, 0.1) is 12.1 Å². The van der Waals surface area contributed by atoms with E-state index >= 15 is 0 Å². The second-order valence-corrected chi connectivity index (χ2v) is 8.13. The van der Waals surface area contributed by atoms with Crippen molar-refractivity contribution < 1.29 is 34.5 Å². The number of phenols is 1. The summed E-state index contributed by atoms with van der Waals surface area (Å²) in [6.07, 6.45) is -0.124. The van der Waals surface area contributed by atoms with E-state index in [1.54, 1.807) is 12.1 Å². The number of carbonyl (C=O) groups is 4. The summed E-state index contributed by atoms with van der Waals surface area (Å²) in [5, 5.41) is 36.2. The summed E-state index contributed by atoms with van der Waals surface area (Å²) in [7, 11) is 0. The molecular formula is C22H35N5O7. The topological polar surface area (TPSA) is 217 Å². The molecule has 0 aliphatic carbocycles. The van der Waals surface area contributed by atoms with Crippen LogP contribution in [0.2, 0.25) is 0 Å². The number of rotatable bonds is 14. The Kier molecular flexibility index (Phi) is 12.0. The summed E-state index contributed by atoms with van der Waals surface area (Å²) < 4.78 is 0. The molecule has 0 radical (unpaired) electrons. The van der Waals surface area contributed by atoms with Crippen LogP contribution in [0.15, 0.2) is 24.3 Å². The molecule has 0 fully saturated rings. The van der Waals surface area contributed by atoms with Crippen LogP contribution in [0.5, 0.6) is 5.75 Å². The summed E-state index contributed by atoms with van der Waals surface area (Å²) in [6, 6.07) is 1.14. The minimum atomic E-state index is -1.39. The average Bonchev–Trinajstić information content (AvgIpc) is 2.76. The van der Waals surface area contributed by atoms with E-state index in [4.69, 9.17) is 11.5 Å². The first kappa shape index (κ1) is 28.8. The van der Waals surface area contributed by atoms with E-state index in [2.05, 4.69) is 16.0 Å². The first-order chi connectivity index (χ1) is 16.0. The van der Waals surface area contributed by atoms with E-state index in [9.17, 15) is 34.5 Å². The molecule has 34 heavy (non-hydrogen) atoms. The quantitative estimate of drug-likeness (QED) is 0.142. The first-order valence-electron chi connectivity index (χ1n) is 11.0. The number of carboxylic acid groups (broad SMARTS) is 1. The lowest BCUT2D eigenvalue weighted by Crippen LogP contribution is -2.60. The minimum absolute atomic E-state index is 0.00687. The van der Waals surface area contributed by atoms with E-state index in [0.29, 0.717) is 24.9 Å². The zero-order valence-electron chi connectivity index (χ0n) is 19.4. The van der Waals surface area contributed by atoms with Crippen LogP contribution in [0.4, 0.5) is 0 Å². The molecule has 3 amide bonds. The first-order valence-corrected chi connectivity index (χ1v) is 11.0. The standard InChI is InChI=1S/C22H35N5O7/c1-12(24)19(30)27-18(13(2)28)21(32)26-17(11-14-6-8-15(29)9-7-14)20(31)25-16(22(33)34)5-3-4-10-23/h6-9,12-13,16-18,28-29H,3-5,10-11,23-24H2,1-2H3,(H,25,31)(H,26,32)(H,27,30)(H,33,34). The van der Waals surface area contributed by atoms with Crippen molar-refractivity contribution in [2.75, 3.05) is 6.54 Å². The van der Waals surface area contributed by atoms with Gasteiger partial charge in [0.1, 0.15) is 23.9 Å². The molecule has 10 N–H and O–H groups in total. The molecular weight excluding hydrogens is 446 g/mol. The Morgan fingerprint density at radius 2 is 1.50 bits per heavy atom. The molecule has 190 valence electrons. The molecule has 0 spiro atoms. The number of aliphatic carboxylic acids is 1. The molecule has 0 aliphatic heterocycles. The number of carboxylic acids is 1. The van der Waals surface area contributed by atoms with E-state index in [1.165, 1.54) is 26.0 Å². The van der Waals surface area contributed by atoms with E-state index in [-0.39, 0.29) is 18.6 Å². The number of amides is 3. The fraction of sp³-hybridized carbons (Fsp3) is 0.545. The number of aromatic hydroxyl groups is 1. The Labute approximate surface area is 198 Å². The van der Waals surface area contributed by atoms with Gasteiger partial charge in [-0.3, -0.25) is 14.4 Å². The highest BCUT2D eigenvalue weighted by atomic mass is 16.4. The Balaban J connectivity index is 3.09. The predicted octanol–water partition coefficient (Wildman–Crippen LogP) is -1.67. The molecule has 5 atom stereocenters. The molecule has 1 aromatic rings. The summed E-state index contributed by atoms with van der Waals surface area (Å²) in [4.78, 5) is 49.4. The Morgan fingerprint density at radius 3 is 2.00 bits per heavy atom. The average molecular weight is 482 g/mol. The maximum Gasteiger partial charge on any atom is 0.326 e. The van der Waals surface area contributed by atoms with Gasteiger partial charge in [-0.2, -0.15) is 0 Å². The van der Waals surface area contributed by atoms with Crippen molar-refractivity contribution in [1.29, 1.82) is 0 Å². The number of carbonyl (C=O) groups excluding carboxylic acids is 3. The van der Waals surface area contributed by atoms with Crippen LogP contribution < -0.4 is 27.4 Å². The molecule has 1 aromatic carbocycles. The Morgan fingerprint density at radius 1 is 0.912 bits per heavy atom. The highest BCUT2D eigenvalue weighted by molar-refractivity contribution is 5.94. The Bertz CT molecular complexity index is 829. The van der Waals surface area contributed by atoms with Crippen molar-refractivity contribution >= 4 is 23.7 Å². The van der Waals surface area contributed by atoms with Gasteiger partial charge in [-0.05, 0) is 57.4 Å². The second kappa shape index (κ2) is 14.1. The smallest absolute Gasteiger partial charge is 0.326 e. The van der Waals surface area contributed by atoms with E-state index in [1.807, 2.05) is 0 Å². The highest BCUT2D eigenvalue weighted by Crippen LogP contribution is 2.12. The number of unbranched alkanes of at least 4 members (excludes halogenated alkanes) is 1. The van der Waals surface area contributed by atoms with Gasteiger partial charge in [-0.1, -0.05) is 12.1 Å². The minimum Gasteiger partial charge on any atom is -0.508 e. The zero-order valence-corrected chi connectivity index (χ0v) is 19.4. The molecule has 5 unspecified atom stereocenters. The van der Waals surface area contributed by atoms with Crippen molar-refractivity contribution in [1.82, 2.24) is 16.0 Å². The van der Waals surface area contributed by atoms with E-state index < -0.39 is 54.0 Å². The van der Waals surface area contributed by atoms with Crippen molar-refractivity contribution in [2.24, 2.45) is 11.5 Å². The molecule has 0 aliphatic rings. The third kappa shape index (κ3) is 9.73. The SMILES string of the molecule is CC(N)C(=O)NC(C(=O)NC(Cc1ccc(O)cc1)C(=O)NC(CCCCN)C(=O)O)C(C)O. The van der Waals surface area contributed by atoms with Gasteiger partial charge >= 0.3 is 5.97 Å². The van der Waals surface area contributed by atoms with Gasteiger partial charge < -0.3 is 42.7 Å². The van der Waals surface area contributed by atoms with Gasteiger partial charge in [0.25, 0.3) is 0 Å². The van der Waals surface area contributed by atoms with Crippen LogP contribution in [-0.4, -0.2) is 75.8 Å². The number of aliphatic hydroxyl groups is 1. The Hall–Kier alpha value is -3.22. The third-order valence-corrected chi connectivity index (χ3v) is 5.05. The van der Waals surface area contributed by atoms with Crippen LogP contribution in [0.3, 0.4) is 0 Å². The van der Waals surface area contributed by atoms with Gasteiger partial charge in [0, 0.05) is 6.42 Å². The number of nitrogens with one attached hydrogen (secondary N) is 3. The number of benzene rings is 1. The number of hydrogen-bond acceptors (Lipinski definition) is 8. The molecule has 0 aromatic heterocycles. The fourth-order valence-corrected chi connectivity index (χ4v) is 3.05. The number of phenolic OH excluding ortho intramolecular Hbond substituents is 1. The molecule has 0 bridgehead atoms. The molecule has 12 heteroatoms. The van der Waals surface area contributed by atoms with Crippen molar-refractivity contribution in [3.8, 4) is 5.75 Å². The predicted molar refractivity (Wildman–Crippen MR) is 123 cm³/mol. The van der Waals surface area contributed by atoms with Gasteiger partial charge in [0.15, 0.2) is 0 Å². The van der Waals surface area contributed by atoms with Crippen LogP contribution in [0.1, 0.15) is 38.7 Å². The van der Waals surface area contributed by atoms with Gasteiger partial charge in [-0.25, -0.2) is 4.79 Å². The van der Waals surface area contributed by atoms with Crippen molar-refractivity contribution in [3.63, 3.8) is 0 Å². The molecule has 0 heterocycles. The zero-order chi connectivity index (χ0) is 25.8. The second-order valence-electron chi connectivity index (χ2n) is 8.13. The van der Waals surface area contributed by atoms with Gasteiger partial charge in [0.2, 0.25) is 17.7 Å². The molecule has 0 saturated heterocycles. The monoisotopic (exact) mass is 481 g/mol. The van der Waals surface area contributed by atoms with Crippen LogP contribution in [0.25, 0.3) is 0 Å². The van der Waals surface area contributed by atoms with Crippen LogP contribution >= 0.6 is 0 Å². The maximum atomic E-state index is 13.0. The number of aliphatic hydroxyl groups excluding tert-OH is 1. The molecule has 12 nitrogen and oxygen atoms in total. The lowest BCUT2D eigenvalue weighted by molar-refractivity contribution is -0.142. The third-order valence-electron chi connectivity index (χ3n) is 5.05. The fourth-order valence-electron chi connectivity index (χ4n) is 3.05. The van der Waals surface area contributed by atoms with Crippen molar-refractivity contribution in [2.45, 2.75) is 69.8 Å². The summed E-state index contributed by atoms with van der Waals surface area (Å²) >= 11 is 0. The van der Waals surface area contributed by atoms with Crippen LogP contribution in [0, 0.1) is 0 Å². The highest BCUT2D eigenvalue weighted by Gasteiger charge is 2.32. The lowest BCUT2D eigenvalue weighted by Gasteiger charge is -2.26. The van der Waals surface area contributed by atoms with Gasteiger partial charge in [-0.15, -0.1) is 0 Å². The van der Waals surface area contributed by atoms with Crippen LogP contribution in [-0.2, 0) is 25.6 Å². The molecule has 0 saturated carbocycles. The van der Waals surface area contributed by atoms with E-state index in [0.717, 1.165) is 0 Å². The lowest BCUT2D eigenvalue weighted by atomic mass is 10.0. The number of hydrogen-bond donors (Lipinski definition) is 8. The number of nitrogens with two attached hydrogens (primary N) is 2.